The number of nitrogens with one attached hydrogen (secondary N) is 1. The van der Waals surface area contributed by atoms with Gasteiger partial charge in [-0.2, -0.15) is 0 Å². The fourth-order valence-electron chi connectivity index (χ4n) is 1.44. The van der Waals surface area contributed by atoms with Gasteiger partial charge in [-0.25, -0.2) is 0 Å². The highest BCUT2D eigenvalue weighted by molar-refractivity contribution is 5.42. The molecule has 0 aliphatic carbocycles. The van der Waals surface area contributed by atoms with Crippen molar-refractivity contribution in [1.82, 2.24) is 9.88 Å². The molecule has 0 aliphatic rings. The highest BCUT2D eigenvalue weighted by atomic mass is 15.0. The van der Waals surface area contributed by atoms with Crippen LogP contribution in [0.4, 0.5) is 5.69 Å². The fourth-order valence-corrected chi connectivity index (χ4v) is 1.44. The van der Waals surface area contributed by atoms with Gasteiger partial charge in [0.05, 0.1) is 0 Å². The van der Waals surface area contributed by atoms with Crippen LogP contribution < -0.4 is 5.32 Å². The Labute approximate surface area is 92.5 Å². The molecule has 84 valence electrons. The normalized spacial score (nSPS) is 10.7. The molecular formula is C12H21N3. The molecule has 1 aromatic heterocycles. The molecule has 3 heteroatoms. The molecule has 0 saturated carbocycles. The van der Waals surface area contributed by atoms with Crippen molar-refractivity contribution in [2.24, 2.45) is 0 Å². The highest BCUT2D eigenvalue weighted by Crippen LogP contribution is 2.06. The molecule has 0 fully saturated rings. The molecule has 0 radical (unpaired) electrons. The smallest absolute Gasteiger partial charge is 0.0393 e. The quantitative estimate of drug-likeness (QED) is 0.724. The van der Waals surface area contributed by atoms with E-state index in [2.05, 4.69) is 35.4 Å². The van der Waals surface area contributed by atoms with Crippen LogP contribution in [0.5, 0.6) is 0 Å². The van der Waals surface area contributed by atoms with E-state index in [1.165, 1.54) is 18.5 Å². The lowest BCUT2D eigenvalue weighted by atomic mass is 10.3. The minimum atomic E-state index is 1.04. The third kappa shape index (κ3) is 5.37. The number of anilines is 1. The fraction of sp³-hybridized carbons (Fsp3) is 0.583. The van der Waals surface area contributed by atoms with Crippen LogP contribution in [0.1, 0.15) is 18.5 Å². The lowest BCUT2D eigenvalue weighted by Crippen LogP contribution is -2.14. The van der Waals surface area contributed by atoms with Gasteiger partial charge < -0.3 is 10.2 Å². The third-order valence-electron chi connectivity index (χ3n) is 2.26. The monoisotopic (exact) mass is 207 g/mol. The SMILES string of the molecule is Cc1cc(NCCCCN(C)C)ccn1. The first-order valence-corrected chi connectivity index (χ1v) is 5.50. The lowest BCUT2D eigenvalue weighted by Gasteiger charge is -2.10. The number of aryl methyl sites for hydroxylation is 1. The minimum absolute atomic E-state index is 1.04. The Bertz CT molecular complexity index is 284. The first-order valence-electron chi connectivity index (χ1n) is 5.50. The first-order chi connectivity index (χ1) is 7.18. The molecule has 0 unspecified atom stereocenters. The maximum absolute atomic E-state index is 4.16. The summed E-state index contributed by atoms with van der Waals surface area (Å²) in [6.07, 6.45) is 4.29. The summed E-state index contributed by atoms with van der Waals surface area (Å²) in [4.78, 5) is 6.38. The van der Waals surface area contributed by atoms with Gasteiger partial charge in [0.1, 0.15) is 0 Å². The maximum Gasteiger partial charge on any atom is 0.0393 e. The molecule has 1 aromatic rings. The van der Waals surface area contributed by atoms with Crippen molar-refractivity contribution >= 4 is 5.69 Å². The molecule has 3 nitrogen and oxygen atoms in total. The van der Waals surface area contributed by atoms with Crippen LogP contribution in [0.25, 0.3) is 0 Å². The predicted octanol–water partition coefficient (Wildman–Crippen LogP) is 2.14. The number of hydrogen-bond acceptors (Lipinski definition) is 3. The van der Waals surface area contributed by atoms with Crippen LogP contribution in [0.2, 0.25) is 0 Å². The lowest BCUT2D eigenvalue weighted by molar-refractivity contribution is 0.396. The Balaban J connectivity index is 2.15. The average Bonchev–Trinajstić information content (AvgIpc) is 2.17. The summed E-state index contributed by atoms with van der Waals surface area (Å²) in [7, 11) is 4.22. The zero-order valence-corrected chi connectivity index (χ0v) is 9.95. The van der Waals surface area contributed by atoms with E-state index in [1.807, 2.05) is 19.2 Å². The van der Waals surface area contributed by atoms with Crippen molar-refractivity contribution in [2.45, 2.75) is 19.8 Å². The molecular weight excluding hydrogens is 186 g/mol. The Hall–Kier alpha value is -1.09. The third-order valence-corrected chi connectivity index (χ3v) is 2.26. The van der Waals surface area contributed by atoms with E-state index in [4.69, 9.17) is 0 Å². The summed E-state index contributed by atoms with van der Waals surface area (Å²) in [5, 5.41) is 3.40. The van der Waals surface area contributed by atoms with Gasteiger partial charge in [-0.3, -0.25) is 4.98 Å². The summed E-state index contributed by atoms with van der Waals surface area (Å²) in [5.74, 6) is 0. The number of rotatable bonds is 6. The molecule has 0 bridgehead atoms. The number of pyridine rings is 1. The molecule has 15 heavy (non-hydrogen) atoms. The van der Waals surface area contributed by atoms with E-state index < -0.39 is 0 Å². The largest absolute Gasteiger partial charge is 0.385 e. The number of aromatic nitrogens is 1. The molecule has 1 rings (SSSR count). The Morgan fingerprint density at radius 3 is 2.80 bits per heavy atom. The second kappa shape index (κ2) is 6.40. The molecule has 0 aliphatic heterocycles. The van der Waals surface area contributed by atoms with E-state index in [0.717, 1.165) is 18.8 Å². The van der Waals surface area contributed by atoms with Gasteiger partial charge in [0.15, 0.2) is 0 Å². The maximum atomic E-state index is 4.16. The second-order valence-corrected chi connectivity index (χ2v) is 4.12. The van der Waals surface area contributed by atoms with Crippen molar-refractivity contribution in [2.75, 3.05) is 32.5 Å². The summed E-state index contributed by atoms with van der Waals surface area (Å²) in [6.45, 7) is 4.21. The first kappa shape index (κ1) is 12.0. The molecule has 0 amide bonds. The number of hydrogen-bond donors (Lipinski definition) is 1. The summed E-state index contributed by atoms with van der Waals surface area (Å²) < 4.78 is 0. The van der Waals surface area contributed by atoms with Crippen LogP contribution in [0, 0.1) is 6.92 Å². The summed E-state index contributed by atoms with van der Waals surface area (Å²) in [6, 6.07) is 4.09. The average molecular weight is 207 g/mol. The van der Waals surface area contributed by atoms with Crippen molar-refractivity contribution in [1.29, 1.82) is 0 Å². The Morgan fingerprint density at radius 2 is 2.13 bits per heavy atom. The molecule has 0 saturated heterocycles. The van der Waals surface area contributed by atoms with E-state index in [9.17, 15) is 0 Å². The standard InChI is InChI=1S/C12H21N3/c1-11-10-12(6-8-13-11)14-7-4-5-9-15(2)3/h6,8,10H,4-5,7,9H2,1-3H3,(H,13,14). The van der Waals surface area contributed by atoms with Crippen LogP contribution in [0.3, 0.4) is 0 Å². The van der Waals surface area contributed by atoms with E-state index in [0.29, 0.717) is 0 Å². The summed E-state index contributed by atoms with van der Waals surface area (Å²) in [5.41, 5.74) is 2.24. The van der Waals surface area contributed by atoms with Crippen molar-refractivity contribution in [3.63, 3.8) is 0 Å². The Morgan fingerprint density at radius 1 is 1.33 bits per heavy atom. The van der Waals surface area contributed by atoms with E-state index >= 15 is 0 Å². The van der Waals surface area contributed by atoms with Gasteiger partial charge in [0.2, 0.25) is 0 Å². The predicted molar refractivity (Wildman–Crippen MR) is 65.3 cm³/mol. The van der Waals surface area contributed by atoms with Gasteiger partial charge >= 0.3 is 0 Å². The van der Waals surface area contributed by atoms with Gasteiger partial charge in [-0.1, -0.05) is 0 Å². The van der Waals surface area contributed by atoms with Crippen LogP contribution in [-0.4, -0.2) is 37.1 Å². The van der Waals surface area contributed by atoms with Crippen molar-refractivity contribution < 1.29 is 0 Å². The molecule has 0 atom stereocenters. The molecule has 1 heterocycles. The van der Waals surface area contributed by atoms with Crippen LogP contribution >= 0.6 is 0 Å². The summed E-state index contributed by atoms with van der Waals surface area (Å²) >= 11 is 0. The Kier molecular flexibility index (Phi) is 5.12. The van der Waals surface area contributed by atoms with E-state index in [1.54, 1.807) is 0 Å². The van der Waals surface area contributed by atoms with Gasteiger partial charge in [0, 0.05) is 24.1 Å². The highest BCUT2D eigenvalue weighted by Gasteiger charge is 1.93. The van der Waals surface area contributed by atoms with Gasteiger partial charge in [0.25, 0.3) is 0 Å². The van der Waals surface area contributed by atoms with Crippen molar-refractivity contribution in [3.05, 3.63) is 24.0 Å². The minimum Gasteiger partial charge on any atom is -0.385 e. The topological polar surface area (TPSA) is 28.2 Å². The molecule has 0 aromatic carbocycles. The number of unbranched alkanes of at least 4 members (excludes halogenated alkanes) is 1. The number of nitrogens with zero attached hydrogens (tertiary/aromatic N) is 2. The second-order valence-electron chi connectivity index (χ2n) is 4.12. The zero-order valence-electron chi connectivity index (χ0n) is 9.95. The molecule has 0 spiro atoms. The van der Waals surface area contributed by atoms with E-state index in [-0.39, 0.29) is 0 Å². The van der Waals surface area contributed by atoms with Gasteiger partial charge in [-0.15, -0.1) is 0 Å². The molecule has 1 N–H and O–H groups in total. The van der Waals surface area contributed by atoms with Crippen LogP contribution in [0.15, 0.2) is 18.3 Å². The van der Waals surface area contributed by atoms with Crippen molar-refractivity contribution in [3.8, 4) is 0 Å². The zero-order chi connectivity index (χ0) is 11.1. The van der Waals surface area contributed by atoms with Gasteiger partial charge in [-0.05, 0) is 52.5 Å². The van der Waals surface area contributed by atoms with Crippen LogP contribution in [-0.2, 0) is 0 Å².